The second kappa shape index (κ2) is 8.32. The van der Waals surface area contributed by atoms with Crippen molar-refractivity contribution < 1.29 is 14.3 Å². The molecule has 0 fully saturated rings. The average molecular weight is 344 g/mol. The van der Waals surface area contributed by atoms with Crippen LogP contribution in [0, 0.1) is 13.8 Å². The van der Waals surface area contributed by atoms with Crippen molar-refractivity contribution in [3.8, 4) is 5.69 Å². The van der Waals surface area contributed by atoms with Gasteiger partial charge in [0.2, 0.25) is 0 Å². The molecule has 1 heterocycles. The van der Waals surface area contributed by atoms with E-state index in [0.717, 1.165) is 22.5 Å². The Morgan fingerprint density at radius 1 is 1.28 bits per heavy atom. The van der Waals surface area contributed by atoms with Crippen LogP contribution in [0.2, 0.25) is 0 Å². The van der Waals surface area contributed by atoms with Crippen LogP contribution in [0.25, 0.3) is 5.69 Å². The molecule has 25 heavy (non-hydrogen) atoms. The fourth-order valence-electron chi connectivity index (χ4n) is 2.58. The third kappa shape index (κ3) is 4.59. The summed E-state index contributed by atoms with van der Waals surface area (Å²) < 4.78 is 6.63. The molecule has 0 bridgehead atoms. The summed E-state index contributed by atoms with van der Waals surface area (Å²) >= 11 is 0. The summed E-state index contributed by atoms with van der Waals surface area (Å²) in [7, 11) is 0. The number of esters is 1. The number of carbonyl (C=O) groups is 2. The minimum absolute atomic E-state index is 0.159. The Kier molecular flexibility index (Phi) is 6.16. The van der Waals surface area contributed by atoms with Gasteiger partial charge in [-0.15, -0.1) is 0 Å². The Bertz CT molecular complexity index is 755. The summed E-state index contributed by atoms with van der Waals surface area (Å²) in [5.74, 6) is -0.464. The number of hydrogen-bond acceptors (Lipinski definition) is 4. The first-order chi connectivity index (χ1) is 11.9. The second-order valence-corrected chi connectivity index (χ2v) is 5.74. The second-order valence-electron chi connectivity index (χ2n) is 5.74. The van der Waals surface area contributed by atoms with Gasteiger partial charge < -0.3 is 15.4 Å². The quantitative estimate of drug-likeness (QED) is 0.788. The third-order valence-electron chi connectivity index (χ3n) is 3.90. The normalized spacial score (nSPS) is 11.7. The van der Waals surface area contributed by atoms with Crippen LogP contribution < -0.4 is 10.6 Å². The molecule has 0 aliphatic carbocycles. The molecule has 134 valence electrons. The first-order valence-electron chi connectivity index (χ1n) is 8.24. The van der Waals surface area contributed by atoms with E-state index in [0.29, 0.717) is 0 Å². The van der Waals surface area contributed by atoms with Crippen LogP contribution in [-0.4, -0.2) is 34.9 Å². The molecule has 1 aromatic heterocycles. The molecule has 0 aliphatic rings. The topological polar surface area (TPSA) is 85.2 Å². The molecule has 2 rings (SSSR count). The van der Waals surface area contributed by atoms with Crippen LogP contribution in [0.15, 0.2) is 30.5 Å². The number of aromatic nitrogens is 2. The van der Waals surface area contributed by atoms with E-state index in [4.69, 9.17) is 4.74 Å². The number of aryl methyl sites for hydroxylation is 1. The summed E-state index contributed by atoms with van der Waals surface area (Å²) in [4.78, 5) is 23.2. The standard InChI is InChI=1S/C18H24N4O3/c1-5-25-17(23)11-19-18(24)21-13(3)15-10-20-22(14(15)4)16-9-7-6-8-12(16)2/h6-10,13H,5,11H2,1-4H3,(H2,19,21,24). The fourth-order valence-corrected chi connectivity index (χ4v) is 2.58. The molecule has 0 saturated heterocycles. The average Bonchev–Trinajstić information content (AvgIpc) is 2.95. The summed E-state index contributed by atoms with van der Waals surface area (Å²) in [5, 5.41) is 9.73. The molecule has 2 amide bonds. The SMILES string of the molecule is CCOC(=O)CNC(=O)NC(C)c1cnn(-c2ccccc2C)c1C. The van der Waals surface area contributed by atoms with Gasteiger partial charge in [-0.3, -0.25) is 4.79 Å². The molecular weight excluding hydrogens is 320 g/mol. The number of amides is 2. The smallest absolute Gasteiger partial charge is 0.325 e. The molecule has 0 radical (unpaired) electrons. The Hall–Kier alpha value is -2.83. The molecule has 0 aliphatic heterocycles. The van der Waals surface area contributed by atoms with Crippen LogP contribution in [0.1, 0.15) is 36.7 Å². The lowest BCUT2D eigenvalue weighted by atomic mass is 10.1. The van der Waals surface area contributed by atoms with Gasteiger partial charge in [0.1, 0.15) is 6.54 Å². The first kappa shape index (κ1) is 18.5. The highest BCUT2D eigenvalue weighted by Crippen LogP contribution is 2.21. The van der Waals surface area contributed by atoms with Crippen molar-refractivity contribution in [2.45, 2.75) is 33.7 Å². The highest BCUT2D eigenvalue weighted by atomic mass is 16.5. The van der Waals surface area contributed by atoms with E-state index in [-0.39, 0.29) is 19.2 Å². The van der Waals surface area contributed by atoms with Gasteiger partial charge in [-0.05, 0) is 39.3 Å². The van der Waals surface area contributed by atoms with Crippen molar-refractivity contribution >= 4 is 12.0 Å². The van der Waals surface area contributed by atoms with Gasteiger partial charge in [-0.1, -0.05) is 18.2 Å². The van der Waals surface area contributed by atoms with Gasteiger partial charge in [0.05, 0.1) is 24.5 Å². The maximum atomic E-state index is 11.9. The number of para-hydroxylation sites is 1. The van der Waals surface area contributed by atoms with E-state index in [1.54, 1.807) is 13.1 Å². The van der Waals surface area contributed by atoms with Crippen molar-refractivity contribution in [3.05, 3.63) is 47.3 Å². The zero-order chi connectivity index (χ0) is 18.4. The Morgan fingerprint density at radius 3 is 2.68 bits per heavy atom. The van der Waals surface area contributed by atoms with E-state index in [9.17, 15) is 9.59 Å². The predicted octanol–water partition coefficient (Wildman–Crippen LogP) is 2.41. The number of urea groups is 1. The number of ether oxygens (including phenoxy) is 1. The highest BCUT2D eigenvalue weighted by molar-refractivity contribution is 5.81. The minimum Gasteiger partial charge on any atom is -0.465 e. The number of rotatable bonds is 6. The Balaban J connectivity index is 2.03. The molecule has 0 saturated carbocycles. The Morgan fingerprint density at radius 2 is 2.00 bits per heavy atom. The molecule has 0 spiro atoms. The van der Waals surface area contributed by atoms with E-state index >= 15 is 0 Å². The molecular formula is C18H24N4O3. The maximum Gasteiger partial charge on any atom is 0.325 e. The van der Waals surface area contributed by atoms with Crippen LogP contribution in [0.4, 0.5) is 4.79 Å². The Labute approximate surface area is 147 Å². The van der Waals surface area contributed by atoms with E-state index in [1.165, 1.54) is 0 Å². The number of nitrogens with zero attached hydrogens (tertiary/aromatic N) is 2. The third-order valence-corrected chi connectivity index (χ3v) is 3.90. The van der Waals surface area contributed by atoms with Crippen LogP contribution in [0.5, 0.6) is 0 Å². The lowest BCUT2D eigenvalue weighted by molar-refractivity contribution is -0.141. The van der Waals surface area contributed by atoms with Crippen LogP contribution in [-0.2, 0) is 9.53 Å². The van der Waals surface area contributed by atoms with Crippen molar-refractivity contribution in [3.63, 3.8) is 0 Å². The summed E-state index contributed by atoms with van der Waals surface area (Å²) in [6, 6.07) is 7.30. The number of benzene rings is 1. The fraction of sp³-hybridized carbons (Fsp3) is 0.389. The van der Waals surface area contributed by atoms with Gasteiger partial charge in [0.25, 0.3) is 0 Å². The summed E-state index contributed by atoms with van der Waals surface area (Å²) in [6.07, 6.45) is 1.75. The van der Waals surface area contributed by atoms with Crippen molar-refractivity contribution in [1.29, 1.82) is 0 Å². The van der Waals surface area contributed by atoms with Crippen molar-refractivity contribution in [2.24, 2.45) is 0 Å². The molecule has 1 atom stereocenters. The predicted molar refractivity (Wildman–Crippen MR) is 94.6 cm³/mol. The van der Waals surface area contributed by atoms with Gasteiger partial charge in [0.15, 0.2) is 0 Å². The maximum absolute atomic E-state index is 11.9. The first-order valence-corrected chi connectivity index (χ1v) is 8.24. The lowest BCUT2D eigenvalue weighted by Crippen LogP contribution is -2.40. The zero-order valence-corrected chi connectivity index (χ0v) is 15.0. The van der Waals surface area contributed by atoms with Gasteiger partial charge >= 0.3 is 12.0 Å². The summed E-state index contributed by atoms with van der Waals surface area (Å²) in [6.45, 7) is 7.71. The molecule has 7 heteroatoms. The zero-order valence-electron chi connectivity index (χ0n) is 15.0. The summed E-state index contributed by atoms with van der Waals surface area (Å²) in [5.41, 5.74) is 3.99. The highest BCUT2D eigenvalue weighted by Gasteiger charge is 2.17. The molecule has 7 nitrogen and oxygen atoms in total. The van der Waals surface area contributed by atoms with Gasteiger partial charge in [0, 0.05) is 11.3 Å². The number of carbonyl (C=O) groups excluding carboxylic acids is 2. The monoisotopic (exact) mass is 344 g/mol. The van der Waals surface area contributed by atoms with Crippen molar-refractivity contribution in [2.75, 3.05) is 13.2 Å². The molecule has 1 aromatic carbocycles. The molecule has 1 unspecified atom stereocenters. The molecule has 2 aromatic rings. The largest absolute Gasteiger partial charge is 0.465 e. The van der Waals surface area contributed by atoms with Gasteiger partial charge in [-0.2, -0.15) is 5.10 Å². The van der Waals surface area contributed by atoms with Gasteiger partial charge in [-0.25, -0.2) is 9.48 Å². The van der Waals surface area contributed by atoms with E-state index in [1.807, 2.05) is 49.7 Å². The minimum atomic E-state index is -0.464. The number of hydrogen-bond donors (Lipinski definition) is 2. The lowest BCUT2D eigenvalue weighted by Gasteiger charge is -2.15. The van der Waals surface area contributed by atoms with Crippen LogP contribution >= 0.6 is 0 Å². The van der Waals surface area contributed by atoms with Crippen LogP contribution in [0.3, 0.4) is 0 Å². The van der Waals surface area contributed by atoms with E-state index in [2.05, 4.69) is 15.7 Å². The van der Waals surface area contributed by atoms with E-state index < -0.39 is 12.0 Å². The van der Waals surface area contributed by atoms with Crippen molar-refractivity contribution in [1.82, 2.24) is 20.4 Å². The number of nitrogens with one attached hydrogen (secondary N) is 2. The molecule has 2 N–H and O–H groups in total.